The van der Waals surface area contributed by atoms with E-state index in [9.17, 15) is 27.6 Å². The minimum absolute atomic E-state index is 0.193. The molecule has 1 fully saturated rings. The predicted octanol–water partition coefficient (Wildman–Crippen LogP) is 0.158. The molecule has 1 aliphatic rings. The monoisotopic (exact) mass is 321 g/mol. The molecule has 0 aromatic heterocycles. The highest BCUT2D eigenvalue weighted by atomic mass is 19.4. The van der Waals surface area contributed by atoms with Crippen LogP contribution in [-0.4, -0.2) is 67.4 Å². The average molecular weight is 321 g/mol. The zero-order valence-corrected chi connectivity index (χ0v) is 12.4. The molecule has 1 aliphatic heterocycles. The van der Waals surface area contributed by atoms with Crippen LogP contribution in [0.5, 0.6) is 0 Å². The summed E-state index contributed by atoms with van der Waals surface area (Å²) in [4.78, 5) is 37.0. The van der Waals surface area contributed by atoms with Crippen LogP contribution in [0.3, 0.4) is 0 Å². The highest BCUT2D eigenvalue weighted by molar-refractivity contribution is 5.91. The molecule has 1 heterocycles. The Balaban J connectivity index is 2.86. The van der Waals surface area contributed by atoms with Crippen molar-refractivity contribution >= 4 is 17.7 Å². The Hall–Kier alpha value is -2.06. The second-order valence-electron chi connectivity index (χ2n) is 5.12. The van der Waals surface area contributed by atoms with Crippen molar-refractivity contribution in [1.82, 2.24) is 15.1 Å². The van der Waals surface area contributed by atoms with Crippen LogP contribution in [-0.2, 0) is 14.4 Å². The highest BCUT2D eigenvalue weighted by Gasteiger charge is 2.63. The van der Waals surface area contributed by atoms with Crippen LogP contribution in [0.4, 0.5) is 13.2 Å². The van der Waals surface area contributed by atoms with Crippen molar-refractivity contribution < 1.29 is 27.6 Å². The second-order valence-corrected chi connectivity index (χ2v) is 5.12. The molecule has 1 N–H and O–H groups in total. The number of alkyl halides is 3. The lowest BCUT2D eigenvalue weighted by Gasteiger charge is -2.30. The first-order valence-corrected chi connectivity index (χ1v) is 6.53. The third-order valence-corrected chi connectivity index (χ3v) is 3.75. The van der Waals surface area contributed by atoms with E-state index in [2.05, 4.69) is 6.58 Å². The summed E-state index contributed by atoms with van der Waals surface area (Å²) in [5.74, 6) is -2.32. The molecule has 22 heavy (non-hydrogen) atoms. The van der Waals surface area contributed by atoms with E-state index in [1.807, 2.05) is 5.32 Å². The van der Waals surface area contributed by atoms with E-state index in [-0.39, 0.29) is 13.1 Å². The molecule has 0 radical (unpaired) electrons. The Labute approximate surface area is 125 Å². The van der Waals surface area contributed by atoms with Crippen molar-refractivity contribution in [2.75, 3.05) is 33.7 Å². The topological polar surface area (TPSA) is 69.7 Å². The molecule has 1 rings (SSSR count). The van der Waals surface area contributed by atoms with Crippen molar-refractivity contribution in [3.63, 3.8) is 0 Å². The Morgan fingerprint density at radius 3 is 2.45 bits per heavy atom. The van der Waals surface area contributed by atoms with Gasteiger partial charge in [-0.3, -0.25) is 14.4 Å². The number of likely N-dealkylation sites (tertiary alicyclic amines) is 1. The molecular formula is C13H18F3N3O3. The predicted molar refractivity (Wildman–Crippen MR) is 71.6 cm³/mol. The summed E-state index contributed by atoms with van der Waals surface area (Å²) in [6, 6.07) is 0. The number of hydrogen-bond acceptors (Lipinski definition) is 3. The zero-order valence-electron chi connectivity index (χ0n) is 12.4. The molecule has 0 bridgehead atoms. The van der Waals surface area contributed by atoms with Gasteiger partial charge in [-0.15, -0.1) is 0 Å². The van der Waals surface area contributed by atoms with Gasteiger partial charge in [-0.1, -0.05) is 6.58 Å². The van der Waals surface area contributed by atoms with Gasteiger partial charge in [0.05, 0.1) is 6.54 Å². The summed E-state index contributed by atoms with van der Waals surface area (Å²) in [5, 5.41) is 2.01. The van der Waals surface area contributed by atoms with Gasteiger partial charge in [0.25, 0.3) is 0 Å². The van der Waals surface area contributed by atoms with Crippen LogP contribution < -0.4 is 5.32 Å². The first-order chi connectivity index (χ1) is 10.1. The third-order valence-electron chi connectivity index (χ3n) is 3.75. The van der Waals surface area contributed by atoms with Gasteiger partial charge in [0.15, 0.2) is 5.41 Å². The number of likely N-dealkylation sites (N-methyl/N-ethyl adjacent to an activating group) is 1. The Bertz CT molecular complexity index is 493. The van der Waals surface area contributed by atoms with Crippen molar-refractivity contribution in [2.45, 2.75) is 12.6 Å². The fourth-order valence-electron chi connectivity index (χ4n) is 2.34. The largest absolute Gasteiger partial charge is 0.404 e. The molecule has 9 heteroatoms. The molecular weight excluding hydrogens is 303 g/mol. The van der Waals surface area contributed by atoms with Crippen LogP contribution >= 0.6 is 0 Å². The molecule has 1 unspecified atom stereocenters. The summed E-state index contributed by atoms with van der Waals surface area (Å²) in [6.07, 6.45) is -4.26. The number of hydrogen-bond donors (Lipinski definition) is 1. The van der Waals surface area contributed by atoms with Gasteiger partial charge < -0.3 is 15.1 Å². The number of carbonyl (C=O) groups is 3. The molecule has 1 atom stereocenters. The molecule has 124 valence electrons. The van der Waals surface area contributed by atoms with E-state index in [1.54, 1.807) is 0 Å². The Morgan fingerprint density at radius 2 is 2.00 bits per heavy atom. The second kappa shape index (κ2) is 6.37. The van der Waals surface area contributed by atoms with Crippen molar-refractivity contribution in [3.05, 3.63) is 12.7 Å². The van der Waals surface area contributed by atoms with E-state index in [4.69, 9.17) is 0 Å². The van der Waals surface area contributed by atoms with Gasteiger partial charge in [-0.05, 0) is 12.5 Å². The Kier molecular flexibility index (Phi) is 5.21. The lowest BCUT2D eigenvalue weighted by Crippen LogP contribution is -2.52. The number of carbonyl (C=O) groups excluding carboxylic acids is 3. The third kappa shape index (κ3) is 3.23. The maximum atomic E-state index is 13.3. The molecule has 0 spiro atoms. The molecule has 3 amide bonds. The first-order valence-electron chi connectivity index (χ1n) is 6.53. The SMILES string of the molecule is C=CC(=O)N(C)CC(=O)N1CCC(C(=O)NC)(C(F)(F)F)C1. The van der Waals surface area contributed by atoms with Crippen LogP contribution in [0.15, 0.2) is 12.7 Å². The minimum Gasteiger partial charge on any atom is -0.358 e. The van der Waals surface area contributed by atoms with Gasteiger partial charge >= 0.3 is 6.18 Å². The van der Waals surface area contributed by atoms with E-state index in [0.29, 0.717) is 0 Å². The first kappa shape index (κ1) is 18.0. The van der Waals surface area contributed by atoms with Crippen molar-refractivity contribution in [3.8, 4) is 0 Å². The minimum atomic E-state index is -4.76. The van der Waals surface area contributed by atoms with Crippen LogP contribution in [0, 0.1) is 5.41 Å². The van der Waals surface area contributed by atoms with E-state index >= 15 is 0 Å². The number of halogens is 3. The summed E-state index contributed by atoms with van der Waals surface area (Å²) < 4.78 is 39.8. The molecule has 0 saturated carbocycles. The maximum absolute atomic E-state index is 13.3. The number of nitrogens with zero attached hydrogens (tertiary/aromatic N) is 2. The standard InChI is InChI=1S/C13H18F3N3O3/c1-4-9(20)18(3)7-10(21)19-6-5-12(8-19,11(22)17-2)13(14,15)16/h4H,1,5-8H2,2-3H3,(H,17,22). The Morgan fingerprint density at radius 1 is 1.41 bits per heavy atom. The fraction of sp³-hybridized carbons (Fsp3) is 0.615. The van der Waals surface area contributed by atoms with Gasteiger partial charge in [0, 0.05) is 27.2 Å². The highest BCUT2D eigenvalue weighted by Crippen LogP contribution is 2.45. The van der Waals surface area contributed by atoms with Gasteiger partial charge in [0.2, 0.25) is 17.7 Å². The number of nitrogens with one attached hydrogen (secondary N) is 1. The summed E-state index contributed by atoms with van der Waals surface area (Å²) >= 11 is 0. The van der Waals surface area contributed by atoms with Crippen LogP contribution in [0.1, 0.15) is 6.42 Å². The van der Waals surface area contributed by atoms with E-state index in [0.717, 1.165) is 22.9 Å². The van der Waals surface area contributed by atoms with Crippen molar-refractivity contribution in [1.29, 1.82) is 0 Å². The molecule has 0 aliphatic carbocycles. The number of amides is 3. The maximum Gasteiger partial charge on any atom is 0.404 e. The van der Waals surface area contributed by atoms with Crippen LogP contribution in [0.25, 0.3) is 0 Å². The van der Waals surface area contributed by atoms with Crippen molar-refractivity contribution in [2.24, 2.45) is 5.41 Å². The zero-order chi connectivity index (χ0) is 17.1. The lowest BCUT2D eigenvalue weighted by atomic mass is 9.85. The summed E-state index contributed by atoms with van der Waals surface area (Å²) in [6.45, 7) is 1.95. The van der Waals surface area contributed by atoms with E-state index in [1.165, 1.54) is 7.05 Å². The summed E-state index contributed by atoms with van der Waals surface area (Å²) in [7, 11) is 2.46. The van der Waals surface area contributed by atoms with Gasteiger partial charge in [0.1, 0.15) is 0 Å². The van der Waals surface area contributed by atoms with Gasteiger partial charge in [-0.2, -0.15) is 13.2 Å². The number of rotatable bonds is 4. The fourth-order valence-corrected chi connectivity index (χ4v) is 2.34. The summed E-state index contributed by atoms with van der Waals surface area (Å²) in [5.41, 5.74) is -2.60. The van der Waals surface area contributed by atoms with E-state index < -0.39 is 42.3 Å². The molecule has 6 nitrogen and oxygen atoms in total. The normalized spacial score (nSPS) is 21.4. The quantitative estimate of drug-likeness (QED) is 0.750. The molecule has 0 aromatic rings. The smallest absolute Gasteiger partial charge is 0.358 e. The lowest BCUT2D eigenvalue weighted by molar-refractivity contribution is -0.217. The van der Waals surface area contributed by atoms with Gasteiger partial charge in [-0.25, -0.2) is 0 Å². The molecule has 1 saturated heterocycles. The average Bonchev–Trinajstić information content (AvgIpc) is 2.91. The van der Waals surface area contributed by atoms with Crippen LogP contribution in [0.2, 0.25) is 0 Å². The molecule has 0 aromatic carbocycles.